The average molecular weight is 803 g/mol. The fraction of sp³-hybridized carbons (Fsp3) is 0. The monoisotopic (exact) mass is 802 g/mol. The van der Waals surface area contributed by atoms with E-state index in [1.165, 1.54) is 113 Å². The first-order valence-corrected chi connectivity index (χ1v) is 22.1. The summed E-state index contributed by atoms with van der Waals surface area (Å²) >= 11 is 1.87. The summed E-state index contributed by atoms with van der Waals surface area (Å²) in [6.45, 7) is 0. The predicted molar refractivity (Wildman–Crippen MR) is 268 cm³/mol. The minimum Gasteiger partial charge on any atom is -0.455 e. The van der Waals surface area contributed by atoms with Gasteiger partial charge in [0.15, 0.2) is 0 Å². The molecule has 0 spiro atoms. The normalized spacial score (nSPS) is 12.2. The molecule has 0 atom stereocenters. The lowest BCUT2D eigenvalue weighted by molar-refractivity contribution is 0.677. The van der Waals surface area contributed by atoms with E-state index in [2.05, 4.69) is 206 Å². The number of hydrogen-bond acceptors (Lipinski definition) is 2. The van der Waals surface area contributed by atoms with Crippen molar-refractivity contribution in [3.8, 4) is 33.4 Å². The maximum atomic E-state index is 7.16. The molecule has 2 aromatic heterocycles. The van der Waals surface area contributed by atoms with Crippen LogP contribution in [0.25, 0.3) is 140 Å². The third-order valence-electron chi connectivity index (χ3n) is 13.4. The molecule has 0 radical (unpaired) electrons. The van der Waals surface area contributed by atoms with Crippen molar-refractivity contribution in [2.45, 2.75) is 0 Å². The van der Waals surface area contributed by atoms with Crippen LogP contribution in [0.3, 0.4) is 0 Å². The van der Waals surface area contributed by atoms with Gasteiger partial charge in [-0.25, -0.2) is 0 Å². The highest BCUT2D eigenvalue weighted by atomic mass is 32.1. The summed E-state index contributed by atoms with van der Waals surface area (Å²) in [6.07, 6.45) is 0. The molecule has 1 nitrogen and oxygen atoms in total. The van der Waals surface area contributed by atoms with Crippen LogP contribution in [-0.2, 0) is 0 Å². The van der Waals surface area contributed by atoms with Crippen molar-refractivity contribution in [3.63, 3.8) is 0 Å². The van der Waals surface area contributed by atoms with Gasteiger partial charge in [0.25, 0.3) is 0 Å². The van der Waals surface area contributed by atoms with Gasteiger partial charge in [-0.3, -0.25) is 0 Å². The van der Waals surface area contributed by atoms with Crippen LogP contribution in [0, 0.1) is 0 Å². The molecule has 14 aromatic rings. The van der Waals surface area contributed by atoms with E-state index in [1.807, 2.05) is 11.3 Å². The second kappa shape index (κ2) is 12.9. The summed E-state index contributed by atoms with van der Waals surface area (Å²) in [4.78, 5) is 0. The molecular weight excluding hydrogens is 769 g/mol. The van der Waals surface area contributed by atoms with Gasteiger partial charge in [0.05, 0.1) is 0 Å². The Bertz CT molecular complexity index is 4160. The van der Waals surface area contributed by atoms with Crippen molar-refractivity contribution in [2.24, 2.45) is 0 Å². The molecule has 0 fully saturated rings. The highest BCUT2D eigenvalue weighted by Crippen LogP contribution is 2.49. The van der Waals surface area contributed by atoms with Gasteiger partial charge in [0, 0.05) is 41.7 Å². The second-order valence-electron chi connectivity index (χ2n) is 16.6. The minimum absolute atomic E-state index is 0.939. The van der Waals surface area contributed by atoms with Gasteiger partial charge in [0.1, 0.15) is 11.2 Å². The van der Waals surface area contributed by atoms with Gasteiger partial charge in [-0.05, 0) is 118 Å². The number of thiophene rings is 1. The fourth-order valence-electron chi connectivity index (χ4n) is 10.7. The first kappa shape index (κ1) is 34.0. The predicted octanol–water partition coefficient (Wildman–Crippen LogP) is 17.9. The van der Waals surface area contributed by atoms with Crippen molar-refractivity contribution in [1.82, 2.24) is 0 Å². The summed E-state index contributed by atoms with van der Waals surface area (Å²) in [5.74, 6) is 0. The first-order valence-electron chi connectivity index (χ1n) is 21.3. The van der Waals surface area contributed by atoms with E-state index in [-0.39, 0.29) is 0 Å². The lowest BCUT2D eigenvalue weighted by Gasteiger charge is -2.18. The summed E-state index contributed by atoms with van der Waals surface area (Å²) in [5.41, 5.74) is 9.21. The molecule has 62 heavy (non-hydrogen) atoms. The van der Waals surface area contributed by atoms with E-state index in [0.717, 1.165) is 27.5 Å². The Morgan fingerprint density at radius 3 is 1.27 bits per heavy atom. The van der Waals surface area contributed by atoms with Crippen LogP contribution >= 0.6 is 11.3 Å². The highest BCUT2D eigenvalue weighted by Gasteiger charge is 2.22. The molecule has 0 unspecified atom stereocenters. The molecule has 12 aromatic carbocycles. The second-order valence-corrected chi connectivity index (χ2v) is 17.7. The number of furan rings is 1. The Morgan fingerprint density at radius 1 is 0.242 bits per heavy atom. The zero-order valence-corrected chi connectivity index (χ0v) is 34.3. The molecule has 0 aliphatic carbocycles. The molecule has 0 saturated heterocycles. The summed E-state index contributed by atoms with van der Waals surface area (Å²) in [6, 6.07) is 76.1. The van der Waals surface area contributed by atoms with Crippen LogP contribution in [-0.4, -0.2) is 0 Å². The molecule has 0 aliphatic heterocycles. The number of hydrogen-bond donors (Lipinski definition) is 0. The van der Waals surface area contributed by atoms with Gasteiger partial charge >= 0.3 is 0 Å². The largest absolute Gasteiger partial charge is 0.455 e. The highest BCUT2D eigenvalue weighted by molar-refractivity contribution is 7.25. The van der Waals surface area contributed by atoms with Gasteiger partial charge in [0.2, 0.25) is 0 Å². The van der Waals surface area contributed by atoms with E-state index in [9.17, 15) is 0 Å². The van der Waals surface area contributed by atoms with E-state index in [1.54, 1.807) is 0 Å². The quantitative estimate of drug-likeness (QED) is 0.128. The summed E-state index contributed by atoms with van der Waals surface area (Å²) in [7, 11) is 0. The Morgan fingerprint density at radius 2 is 0.645 bits per heavy atom. The van der Waals surface area contributed by atoms with Gasteiger partial charge < -0.3 is 4.42 Å². The van der Waals surface area contributed by atoms with E-state index >= 15 is 0 Å². The molecule has 286 valence electrons. The van der Waals surface area contributed by atoms with Gasteiger partial charge in [-0.2, -0.15) is 0 Å². The molecule has 0 bridgehead atoms. The van der Waals surface area contributed by atoms with Crippen molar-refractivity contribution >= 4 is 118 Å². The topological polar surface area (TPSA) is 13.1 Å². The SMILES string of the molecule is c1cc(-c2ccc3c4ccccc4c4c(oc5c6ccccc6c6ccccc6c54)c3c2)cc(-c2c3ccccc3c(-c3ccc4sc5ccccc5c4c3)c3ccccc23)c1. The Balaban J connectivity index is 1.00. The number of rotatable bonds is 3. The number of fused-ring (bicyclic) bond motifs is 18. The van der Waals surface area contributed by atoms with Gasteiger partial charge in [-0.15, -0.1) is 11.3 Å². The van der Waals surface area contributed by atoms with Crippen LogP contribution in [0.5, 0.6) is 0 Å². The average Bonchev–Trinajstić information content (AvgIpc) is 3.93. The molecule has 2 heterocycles. The zero-order valence-electron chi connectivity index (χ0n) is 33.4. The van der Waals surface area contributed by atoms with Crippen LogP contribution in [0.15, 0.2) is 211 Å². The van der Waals surface area contributed by atoms with Crippen molar-refractivity contribution in [2.75, 3.05) is 0 Å². The van der Waals surface area contributed by atoms with Crippen molar-refractivity contribution < 1.29 is 4.42 Å². The van der Waals surface area contributed by atoms with Crippen molar-refractivity contribution in [1.29, 1.82) is 0 Å². The van der Waals surface area contributed by atoms with Gasteiger partial charge in [-0.1, -0.05) is 176 Å². The zero-order chi connectivity index (χ0) is 40.5. The molecule has 0 N–H and O–H groups in total. The van der Waals surface area contributed by atoms with Crippen LogP contribution in [0.2, 0.25) is 0 Å². The lowest BCUT2D eigenvalue weighted by Crippen LogP contribution is -1.91. The molecule has 0 aliphatic rings. The Labute approximate surface area is 360 Å². The van der Waals surface area contributed by atoms with Crippen LogP contribution in [0.1, 0.15) is 0 Å². The maximum absolute atomic E-state index is 7.16. The van der Waals surface area contributed by atoms with Crippen LogP contribution < -0.4 is 0 Å². The van der Waals surface area contributed by atoms with E-state index in [4.69, 9.17) is 4.42 Å². The third-order valence-corrected chi connectivity index (χ3v) is 14.6. The first-order chi connectivity index (χ1) is 30.8. The Hall–Kier alpha value is -7.78. The standard InChI is InChI=1S/C60H34OS/c1-4-20-44-39(16-1)41-18-3-10-26-50(41)59-57(44)58-45-21-5-2-17-40(45)42-30-28-36(33-52(42)60(58)61-59)35-14-13-15-37(32-35)55-46-22-6-8-24-48(46)56(49-25-9-7-23-47(49)55)38-29-31-54-51(34-38)43-19-11-12-27-53(43)62-54/h1-34H. The van der Waals surface area contributed by atoms with Crippen LogP contribution in [0.4, 0.5) is 0 Å². The molecular formula is C60H34OS. The fourth-order valence-corrected chi connectivity index (χ4v) is 11.8. The minimum atomic E-state index is 0.939. The summed E-state index contributed by atoms with van der Waals surface area (Å²) in [5, 5.41) is 19.6. The summed E-state index contributed by atoms with van der Waals surface area (Å²) < 4.78 is 9.81. The number of benzene rings is 12. The van der Waals surface area contributed by atoms with E-state index in [0.29, 0.717) is 0 Å². The molecule has 0 amide bonds. The molecule has 2 heteroatoms. The Kier molecular flexibility index (Phi) is 7.05. The van der Waals surface area contributed by atoms with Crippen molar-refractivity contribution in [3.05, 3.63) is 206 Å². The maximum Gasteiger partial charge on any atom is 0.143 e. The third kappa shape index (κ3) is 4.73. The molecule has 14 rings (SSSR count). The smallest absolute Gasteiger partial charge is 0.143 e. The molecule has 0 saturated carbocycles. The lowest BCUT2D eigenvalue weighted by atomic mass is 9.85. The van der Waals surface area contributed by atoms with E-state index < -0.39 is 0 Å².